The molecule has 1 aliphatic heterocycles. The van der Waals surface area contributed by atoms with Crippen LogP contribution in [0.4, 0.5) is 0 Å². The zero-order valence-corrected chi connectivity index (χ0v) is 21.6. The number of hydrogen-bond acceptors (Lipinski definition) is 3. The van der Waals surface area contributed by atoms with E-state index in [1.165, 1.54) is 11.1 Å². The predicted molar refractivity (Wildman–Crippen MR) is 137 cm³/mol. The molecule has 0 unspecified atom stereocenters. The van der Waals surface area contributed by atoms with Gasteiger partial charge in [-0.05, 0) is 58.6 Å². The lowest BCUT2D eigenvalue weighted by Crippen LogP contribution is -2.42. The summed E-state index contributed by atoms with van der Waals surface area (Å²) in [5, 5.41) is 6.61. The molecule has 1 amide bonds. The molecule has 2 N–H and O–H groups in total. The second kappa shape index (κ2) is 13.9. The fourth-order valence-electron chi connectivity index (χ4n) is 3.88. The number of carbonyl (C=O) groups is 1. The Balaban J connectivity index is 0.00000450. The van der Waals surface area contributed by atoms with E-state index in [1.54, 1.807) is 0 Å². The average molecular weight is 530 g/mol. The van der Waals surface area contributed by atoms with E-state index in [0.717, 1.165) is 45.0 Å². The Morgan fingerprint density at radius 3 is 2.43 bits per heavy atom. The fraction of sp³-hybridized carbons (Fsp3) is 0.652. The van der Waals surface area contributed by atoms with E-state index in [1.807, 2.05) is 17.9 Å². The third-order valence-corrected chi connectivity index (χ3v) is 5.41. The summed E-state index contributed by atoms with van der Waals surface area (Å²) in [4.78, 5) is 21.6. The van der Waals surface area contributed by atoms with Crippen LogP contribution >= 0.6 is 24.0 Å². The maximum atomic E-state index is 12.6. The molecule has 30 heavy (non-hydrogen) atoms. The molecular formula is C23H40IN5O. The van der Waals surface area contributed by atoms with Crippen molar-refractivity contribution in [2.45, 2.75) is 66.1 Å². The summed E-state index contributed by atoms with van der Waals surface area (Å²) in [6.45, 7) is 15.3. The van der Waals surface area contributed by atoms with Crippen LogP contribution in [0, 0.1) is 0 Å². The van der Waals surface area contributed by atoms with Crippen LogP contribution in [0.1, 0.15) is 52.2 Å². The molecule has 7 heteroatoms. The minimum atomic E-state index is 0. The van der Waals surface area contributed by atoms with Crippen molar-refractivity contribution in [3.63, 3.8) is 0 Å². The van der Waals surface area contributed by atoms with Gasteiger partial charge in [0.15, 0.2) is 5.96 Å². The van der Waals surface area contributed by atoms with Gasteiger partial charge in [0, 0.05) is 44.8 Å². The molecular weight excluding hydrogens is 489 g/mol. The van der Waals surface area contributed by atoms with E-state index in [2.05, 4.69) is 66.4 Å². The molecule has 1 aromatic carbocycles. The van der Waals surface area contributed by atoms with Gasteiger partial charge in [-0.25, -0.2) is 4.99 Å². The van der Waals surface area contributed by atoms with Crippen LogP contribution < -0.4 is 10.6 Å². The van der Waals surface area contributed by atoms with E-state index >= 15 is 0 Å². The molecule has 1 aromatic rings. The zero-order chi connectivity index (χ0) is 21.2. The molecule has 2 rings (SSSR count). The van der Waals surface area contributed by atoms with Gasteiger partial charge in [0.25, 0.3) is 0 Å². The molecule has 0 spiro atoms. The molecule has 6 nitrogen and oxygen atoms in total. The summed E-state index contributed by atoms with van der Waals surface area (Å²) in [5.41, 5.74) is 2.60. The number of benzene rings is 1. The van der Waals surface area contributed by atoms with Gasteiger partial charge in [-0.2, -0.15) is 0 Å². The molecule has 0 bridgehead atoms. The number of fused-ring (bicyclic) bond motifs is 1. The number of amides is 1. The Hall–Kier alpha value is -1.35. The highest BCUT2D eigenvalue weighted by atomic mass is 127. The first-order valence-electron chi connectivity index (χ1n) is 11.0. The Kier molecular flexibility index (Phi) is 12.3. The molecule has 1 aliphatic rings. The van der Waals surface area contributed by atoms with Crippen molar-refractivity contribution in [2.24, 2.45) is 4.99 Å². The van der Waals surface area contributed by atoms with Crippen LogP contribution in [0.2, 0.25) is 0 Å². The van der Waals surface area contributed by atoms with Crippen molar-refractivity contribution in [2.75, 3.05) is 32.7 Å². The van der Waals surface area contributed by atoms with Gasteiger partial charge < -0.3 is 15.5 Å². The summed E-state index contributed by atoms with van der Waals surface area (Å²) < 4.78 is 0. The number of hydrogen-bond donors (Lipinski definition) is 2. The van der Waals surface area contributed by atoms with E-state index in [9.17, 15) is 4.79 Å². The summed E-state index contributed by atoms with van der Waals surface area (Å²) in [6.07, 6.45) is 1.96. The van der Waals surface area contributed by atoms with Gasteiger partial charge in [-0.3, -0.25) is 9.69 Å². The van der Waals surface area contributed by atoms with Gasteiger partial charge in [0.1, 0.15) is 6.54 Å². The minimum absolute atomic E-state index is 0. The third-order valence-electron chi connectivity index (χ3n) is 5.41. The highest BCUT2D eigenvalue weighted by molar-refractivity contribution is 14.0. The number of aliphatic imine (C=N–C) groups is 1. The summed E-state index contributed by atoms with van der Waals surface area (Å²) in [5.74, 6) is 0.807. The Morgan fingerprint density at radius 2 is 1.80 bits per heavy atom. The number of carbonyl (C=O) groups excluding carboxylic acids is 1. The maximum absolute atomic E-state index is 12.6. The van der Waals surface area contributed by atoms with Gasteiger partial charge in [-0.15, -0.1) is 24.0 Å². The number of nitrogens with zero attached hydrogens (tertiary/aromatic N) is 3. The SMILES string of the molecule is CCNC(=NCC(=O)N1CCc2ccccc2C1)NCCCN(C(C)C)C(C)C.I. The Bertz CT molecular complexity index is 669. The van der Waals surface area contributed by atoms with Gasteiger partial charge in [-0.1, -0.05) is 24.3 Å². The van der Waals surface area contributed by atoms with Crippen LogP contribution in [0.5, 0.6) is 0 Å². The van der Waals surface area contributed by atoms with E-state index in [0.29, 0.717) is 18.6 Å². The van der Waals surface area contributed by atoms with Crippen molar-refractivity contribution in [1.29, 1.82) is 0 Å². The van der Waals surface area contributed by atoms with Crippen molar-refractivity contribution in [1.82, 2.24) is 20.4 Å². The van der Waals surface area contributed by atoms with Gasteiger partial charge in [0.2, 0.25) is 5.91 Å². The van der Waals surface area contributed by atoms with Crippen LogP contribution in [0.3, 0.4) is 0 Å². The summed E-state index contributed by atoms with van der Waals surface area (Å²) >= 11 is 0. The third kappa shape index (κ3) is 8.41. The lowest BCUT2D eigenvalue weighted by molar-refractivity contribution is -0.130. The minimum Gasteiger partial charge on any atom is -0.357 e. The highest BCUT2D eigenvalue weighted by Gasteiger charge is 2.20. The molecule has 170 valence electrons. The Labute approximate surface area is 199 Å². The number of halogens is 1. The van der Waals surface area contributed by atoms with Crippen molar-refractivity contribution in [3.05, 3.63) is 35.4 Å². The summed E-state index contributed by atoms with van der Waals surface area (Å²) in [7, 11) is 0. The quantitative estimate of drug-likeness (QED) is 0.223. The molecule has 0 saturated carbocycles. The van der Waals surface area contributed by atoms with Crippen LogP contribution in [0.25, 0.3) is 0 Å². The Morgan fingerprint density at radius 1 is 1.13 bits per heavy atom. The lowest BCUT2D eigenvalue weighted by Gasteiger charge is -2.30. The molecule has 0 saturated heterocycles. The molecule has 0 aliphatic carbocycles. The predicted octanol–water partition coefficient (Wildman–Crippen LogP) is 3.25. The molecule has 0 aromatic heterocycles. The van der Waals surface area contributed by atoms with E-state index in [-0.39, 0.29) is 36.4 Å². The standard InChI is InChI=1S/C23H39N5O.HI/c1-6-24-23(25-13-9-14-28(18(2)3)19(4)5)26-16-22(29)27-15-12-20-10-7-8-11-21(20)17-27;/h7-8,10-11,18-19H,6,9,12-17H2,1-5H3,(H2,24,25,26);1H. The topological polar surface area (TPSA) is 60.0 Å². The normalized spacial score (nSPS) is 14.0. The van der Waals surface area contributed by atoms with Gasteiger partial charge in [0.05, 0.1) is 0 Å². The fourth-order valence-corrected chi connectivity index (χ4v) is 3.88. The first-order chi connectivity index (χ1) is 13.9. The molecule has 0 radical (unpaired) electrons. The number of nitrogens with one attached hydrogen (secondary N) is 2. The maximum Gasteiger partial charge on any atom is 0.244 e. The van der Waals surface area contributed by atoms with Crippen LogP contribution in [0.15, 0.2) is 29.3 Å². The van der Waals surface area contributed by atoms with Crippen molar-refractivity contribution < 1.29 is 4.79 Å². The van der Waals surface area contributed by atoms with E-state index in [4.69, 9.17) is 0 Å². The average Bonchev–Trinajstić information content (AvgIpc) is 2.70. The van der Waals surface area contributed by atoms with E-state index < -0.39 is 0 Å². The largest absolute Gasteiger partial charge is 0.357 e. The smallest absolute Gasteiger partial charge is 0.244 e. The van der Waals surface area contributed by atoms with Crippen LogP contribution in [-0.4, -0.2) is 66.5 Å². The second-order valence-corrected chi connectivity index (χ2v) is 8.23. The zero-order valence-electron chi connectivity index (χ0n) is 19.3. The van der Waals surface area contributed by atoms with Crippen molar-refractivity contribution in [3.8, 4) is 0 Å². The molecule has 0 atom stereocenters. The first-order valence-corrected chi connectivity index (χ1v) is 11.0. The number of rotatable bonds is 9. The first kappa shape index (κ1) is 26.7. The second-order valence-electron chi connectivity index (χ2n) is 8.23. The van der Waals surface area contributed by atoms with Crippen molar-refractivity contribution >= 4 is 35.8 Å². The molecule has 0 fully saturated rings. The highest BCUT2D eigenvalue weighted by Crippen LogP contribution is 2.18. The summed E-state index contributed by atoms with van der Waals surface area (Å²) in [6, 6.07) is 9.46. The monoisotopic (exact) mass is 529 g/mol. The lowest BCUT2D eigenvalue weighted by atomic mass is 10.00. The van der Waals surface area contributed by atoms with Crippen LogP contribution in [-0.2, 0) is 17.8 Å². The number of guanidine groups is 1. The molecule has 1 heterocycles. The van der Waals surface area contributed by atoms with Gasteiger partial charge >= 0.3 is 0 Å².